The van der Waals surface area contributed by atoms with E-state index in [1.165, 1.54) is 29.0 Å². The number of aryl methyl sites for hydroxylation is 2. The molecule has 102 valence electrons. The summed E-state index contributed by atoms with van der Waals surface area (Å²) >= 11 is 3.73. The van der Waals surface area contributed by atoms with Crippen LogP contribution in [-0.2, 0) is 19.5 Å². The van der Waals surface area contributed by atoms with Crippen LogP contribution in [0, 0.1) is 11.8 Å². The van der Waals surface area contributed by atoms with Gasteiger partial charge < -0.3 is 0 Å². The molecule has 1 fully saturated rings. The van der Waals surface area contributed by atoms with Gasteiger partial charge in [0.1, 0.15) is 0 Å². The maximum absolute atomic E-state index is 4.67. The quantitative estimate of drug-likeness (QED) is 0.850. The van der Waals surface area contributed by atoms with E-state index in [1.54, 1.807) is 0 Å². The van der Waals surface area contributed by atoms with E-state index in [4.69, 9.17) is 0 Å². The van der Waals surface area contributed by atoms with Gasteiger partial charge in [-0.2, -0.15) is 5.10 Å². The molecule has 0 saturated carbocycles. The first-order valence-corrected chi connectivity index (χ1v) is 7.82. The lowest BCUT2D eigenvalue weighted by atomic mass is 10.0. The van der Waals surface area contributed by atoms with Gasteiger partial charge in [0.15, 0.2) is 0 Å². The standard InChI is InChI=1S/C14H24BrN3/c1-5-12-14(15)13(18(6-2)16-12)9-17-7-10(3)11(4)8-17/h10-11H,5-9H2,1-4H3. The highest BCUT2D eigenvalue weighted by molar-refractivity contribution is 9.10. The molecule has 0 spiro atoms. The number of hydrogen-bond donors (Lipinski definition) is 0. The molecule has 3 nitrogen and oxygen atoms in total. The summed E-state index contributed by atoms with van der Waals surface area (Å²) in [6.45, 7) is 13.4. The van der Waals surface area contributed by atoms with E-state index in [-0.39, 0.29) is 0 Å². The van der Waals surface area contributed by atoms with E-state index < -0.39 is 0 Å². The van der Waals surface area contributed by atoms with E-state index in [9.17, 15) is 0 Å². The average molecular weight is 314 g/mol. The van der Waals surface area contributed by atoms with Crippen molar-refractivity contribution in [2.75, 3.05) is 13.1 Å². The van der Waals surface area contributed by atoms with Gasteiger partial charge >= 0.3 is 0 Å². The minimum absolute atomic E-state index is 0.812. The van der Waals surface area contributed by atoms with E-state index in [0.717, 1.165) is 31.3 Å². The molecule has 2 rings (SSSR count). The highest BCUT2D eigenvalue weighted by Crippen LogP contribution is 2.28. The maximum Gasteiger partial charge on any atom is 0.0767 e. The van der Waals surface area contributed by atoms with Crippen LogP contribution in [0.4, 0.5) is 0 Å². The molecule has 1 saturated heterocycles. The largest absolute Gasteiger partial charge is 0.297 e. The number of halogens is 1. The van der Waals surface area contributed by atoms with Gasteiger partial charge in [0.25, 0.3) is 0 Å². The van der Waals surface area contributed by atoms with Crippen molar-refractivity contribution < 1.29 is 0 Å². The highest BCUT2D eigenvalue weighted by atomic mass is 79.9. The summed E-state index contributed by atoms with van der Waals surface area (Å²) in [5.41, 5.74) is 2.53. The Morgan fingerprint density at radius 2 is 1.83 bits per heavy atom. The summed E-state index contributed by atoms with van der Waals surface area (Å²) in [5.74, 6) is 1.62. The van der Waals surface area contributed by atoms with Crippen LogP contribution >= 0.6 is 15.9 Å². The van der Waals surface area contributed by atoms with Crippen molar-refractivity contribution in [2.45, 2.75) is 47.2 Å². The predicted octanol–water partition coefficient (Wildman–Crippen LogP) is 3.32. The van der Waals surface area contributed by atoms with Crippen LogP contribution in [0.15, 0.2) is 4.47 Å². The minimum atomic E-state index is 0.812. The smallest absolute Gasteiger partial charge is 0.0767 e. The Bertz CT molecular complexity index is 403. The second kappa shape index (κ2) is 5.74. The third kappa shape index (κ3) is 2.64. The summed E-state index contributed by atoms with van der Waals surface area (Å²) in [5, 5.41) is 4.67. The molecule has 0 radical (unpaired) electrons. The number of hydrogen-bond acceptors (Lipinski definition) is 2. The zero-order valence-corrected chi connectivity index (χ0v) is 13.5. The number of aromatic nitrogens is 2. The minimum Gasteiger partial charge on any atom is -0.297 e. The highest BCUT2D eigenvalue weighted by Gasteiger charge is 2.27. The fourth-order valence-electron chi connectivity index (χ4n) is 2.76. The third-order valence-electron chi connectivity index (χ3n) is 4.13. The van der Waals surface area contributed by atoms with Gasteiger partial charge in [0.2, 0.25) is 0 Å². The first kappa shape index (κ1) is 14.1. The molecule has 4 heteroatoms. The molecule has 2 atom stereocenters. The molecule has 1 aromatic heterocycles. The van der Waals surface area contributed by atoms with Gasteiger partial charge in [-0.15, -0.1) is 0 Å². The molecule has 0 N–H and O–H groups in total. The van der Waals surface area contributed by atoms with Crippen LogP contribution in [0.1, 0.15) is 39.1 Å². The van der Waals surface area contributed by atoms with Crippen molar-refractivity contribution >= 4 is 15.9 Å². The number of likely N-dealkylation sites (tertiary alicyclic amines) is 1. The molecule has 0 aliphatic carbocycles. The third-order valence-corrected chi connectivity index (χ3v) is 5.05. The molecular formula is C14H24BrN3. The monoisotopic (exact) mass is 313 g/mol. The Morgan fingerprint density at radius 3 is 2.33 bits per heavy atom. The van der Waals surface area contributed by atoms with E-state index in [2.05, 4.69) is 58.3 Å². The van der Waals surface area contributed by atoms with E-state index in [1.807, 2.05) is 0 Å². The van der Waals surface area contributed by atoms with Gasteiger partial charge in [0.05, 0.1) is 15.9 Å². The molecule has 1 aliphatic rings. The topological polar surface area (TPSA) is 21.1 Å². The predicted molar refractivity (Wildman–Crippen MR) is 78.6 cm³/mol. The van der Waals surface area contributed by atoms with Crippen LogP contribution < -0.4 is 0 Å². The summed E-state index contributed by atoms with van der Waals surface area (Å²) < 4.78 is 3.37. The van der Waals surface area contributed by atoms with E-state index >= 15 is 0 Å². The van der Waals surface area contributed by atoms with Crippen molar-refractivity contribution in [1.82, 2.24) is 14.7 Å². The molecular weight excluding hydrogens is 290 g/mol. The summed E-state index contributed by atoms with van der Waals surface area (Å²) in [4.78, 5) is 2.56. The van der Waals surface area contributed by atoms with Crippen LogP contribution in [0.3, 0.4) is 0 Å². The zero-order chi connectivity index (χ0) is 13.3. The van der Waals surface area contributed by atoms with Gasteiger partial charge in [-0.1, -0.05) is 20.8 Å². The van der Waals surface area contributed by atoms with Crippen LogP contribution in [0.25, 0.3) is 0 Å². The van der Waals surface area contributed by atoms with Crippen molar-refractivity contribution in [3.8, 4) is 0 Å². The van der Waals surface area contributed by atoms with Gasteiger partial charge in [-0.25, -0.2) is 0 Å². The summed E-state index contributed by atoms with van der Waals surface area (Å²) in [7, 11) is 0. The van der Waals surface area contributed by atoms with Crippen LogP contribution in [0.2, 0.25) is 0 Å². The Balaban J connectivity index is 2.16. The van der Waals surface area contributed by atoms with Crippen molar-refractivity contribution in [3.05, 3.63) is 15.9 Å². The number of nitrogens with zero attached hydrogens (tertiary/aromatic N) is 3. The average Bonchev–Trinajstić information content (AvgIpc) is 2.82. The van der Waals surface area contributed by atoms with Gasteiger partial charge in [-0.3, -0.25) is 9.58 Å². The molecule has 18 heavy (non-hydrogen) atoms. The molecule has 0 aromatic carbocycles. The first-order chi connectivity index (χ1) is 8.56. The van der Waals surface area contributed by atoms with E-state index in [0.29, 0.717) is 0 Å². The van der Waals surface area contributed by atoms with Crippen LogP contribution in [0.5, 0.6) is 0 Å². The maximum atomic E-state index is 4.67. The Hall–Kier alpha value is -0.350. The van der Waals surface area contributed by atoms with Gasteiger partial charge in [-0.05, 0) is 41.1 Å². The van der Waals surface area contributed by atoms with Crippen molar-refractivity contribution in [1.29, 1.82) is 0 Å². The first-order valence-electron chi connectivity index (χ1n) is 7.03. The lowest BCUT2D eigenvalue weighted by Crippen LogP contribution is -2.22. The summed E-state index contributed by atoms with van der Waals surface area (Å²) in [6, 6.07) is 0. The Labute approximate surface area is 119 Å². The second-order valence-electron chi connectivity index (χ2n) is 5.53. The molecule has 2 unspecified atom stereocenters. The fraction of sp³-hybridized carbons (Fsp3) is 0.786. The van der Waals surface area contributed by atoms with Crippen molar-refractivity contribution in [2.24, 2.45) is 11.8 Å². The second-order valence-corrected chi connectivity index (χ2v) is 6.32. The van der Waals surface area contributed by atoms with Crippen LogP contribution in [-0.4, -0.2) is 27.8 Å². The molecule has 2 heterocycles. The molecule has 1 aromatic rings. The van der Waals surface area contributed by atoms with Gasteiger partial charge in [0, 0.05) is 26.2 Å². The summed E-state index contributed by atoms with van der Waals surface area (Å²) in [6.07, 6.45) is 0.993. The molecule has 1 aliphatic heterocycles. The van der Waals surface area contributed by atoms with Crippen molar-refractivity contribution in [3.63, 3.8) is 0 Å². The molecule has 0 amide bonds. The molecule has 0 bridgehead atoms. The normalized spacial score (nSPS) is 24.9. The lowest BCUT2D eigenvalue weighted by Gasteiger charge is -2.16. The Kier molecular flexibility index (Phi) is 4.49. The number of rotatable bonds is 4. The zero-order valence-electron chi connectivity index (χ0n) is 11.9. The lowest BCUT2D eigenvalue weighted by molar-refractivity contribution is 0.304. The fourth-order valence-corrected chi connectivity index (χ4v) is 3.45. The Morgan fingerprint density at radius 1 is 1.22 bits per heavy atom. The SMILES string of the molecule is CCc1nn(CC)c(CN2CC(C)C(C)C2)c1Br.